The minimum atomic E-state index is -3.71. The maximum absolute atomic E-state index is 12.6. The first-order valence-corrected chi connectivity index (χ1v) is 9.35. The highest BCUT2D eigenvalue weighted by Crippen LogP contribution is 2.18. The van der Waals surface area contributed by atoms with Gasteiger partial charge in [0.2, 0.25) is 10.0 Å². The van der Waals surface area contributed by atoms with E-state index in [1.54, 1.807) is 4.90 Å². The molecule has 1 aromatic rings. The van der Waals surface area contributed by atoms with Crippen LogP contribution in [0, 0.1) is 0 Å². The van der Waals surface area contributed by atoms with Crippen LogP contribution in [0.2, 0.25) is 0 Å². The first kappa shape index (κ1) is 19.2. The molecule has 1 heterocycles. The lowest BCUT2D eigenvalue weighted by molar-refractivity contribution is 0.0696. The van der Waals surface area contributed by atoms with Crippen molar-refractivity contribution in [2.75, 3.05) is 26.2 Å². The van der Waals surface area contributed by atoms with E-state index in [1.165, 1.54) is 28.6 Å². The van der Waals surface area contributed by atoms with E-state index in [0.717, 1.165) is 0 Å². The lowest BCUT2D eigenvalue weighted by Crippen LogP contribution is -2.55. The zero-order chi connectivity index (χ0) is 18.8. The first-order valence-electron chi connectivity index (χ1n) is 7.91. The van der Waals surface area contributed by atoms with Gasteiger partial charge in [-0.05, 0) is 45.0 Å². The average molecular weight is 369 g/mol. The summed E-state index contributed by atoms with van der Waals surface area (Å²) >= 11 is 0. The van der Waals surface area contributed by atoms with Crippen LogP contribution >= 0.6 is 0 Å². The number of benzene rings is 1. The largest absolute Gasteiger partial charge is 0.478 e. The second kappa shape index (κ2) is 7.01. The van der Waals surface area contributed by atoms with Crippen LogP contribution in [0.3, 0.4) is 0 Å². The molecule has 1 aliphatic rings. The molecule has 0 atom stereocenters. The Labute approximate surface area is 147 Å². The Kier molecular flexibility index (Phi) is 5.38. The van der Waals surface area contributed by atoms with Crippen LogP contribution in [0.25, 0.3) is 0 Å². The number of piperazine rings is 1. The molecule has 1 fully saturated rings. The molecule has 2 amide bonds. The molecule has 138 valence electrons. The van der Waals surface area contributed by atoms with Crippen molar-refractivity contribution in [1.82, 2.24) is 14.5 Å². The Morgan fingerprint density at radius 1 is 1.04 bits per heavy atom. The van der Waals surface area contributed by atoms with Crippen molar-refractivity contribution >= 4 is 22.0 Å². The number of nitrogens with zero attached hydrogens (tertiary/aromatic N) is 2. The van der Waals surface area contributed by atoms with Gasteiger partial charge in [0.15, 0.2) is 0 Å². The van der Waals surface area contributed by atoms with Crippen LogP contribution in [0.4, 0.5) is 4.79 Å². The van der Waals surface area contributed by atoms with Gasteiger partial charge in [-0.2, -0.15) is 4.31 Å². The standard InChI is InChI=1S/C16H23N3O5S/c1-16(2,3)17-15(22)18-8-10-19(11-9-18)25(23,24)13-6-4-12(5-7-13)14(20)21/h4-7H,8-11H2,1-3H3,(H,17,22)(H,20,21). The Balaban J connectivity index is 2.03. The number of sulfonamides is 1. The molecule has 0 bridgehead atoms. The number of rotatable bonds is 3. The van der Waals surface area contributed by atoms with E-state index in [1.807, 2.05) is 20.8 Å². The quantitative estimate of drug-likeness (QED) is 0.832. The molecule has 2 rings (SSSR count). The summed E-state index contributed by atoms with van der Waals surface area (Å²) in [6.07, 6.45) is 0. The minimum absolute atomic E-state index is 0.0302. The van der Waals surface area contributed by atoms with Gasteiger partial charge < -0.3 is 15.3 Å². The summed E-state index contributed by atoms with van der Waals surface area (Å²) in [5.74, 6) is -1.11. The smallest absolute Gasteiger partial charge is 0.335 e. The van der Waals surface area contributed by atoms with Crippen molar-refractivity contribution in [2.45, 2.75) is 31.2 Å². The first-order chi connectivity index (χ1) is 11.5. The highest BCUT2D eigenvalue weighted by molar-refractivity contribution is 7.89. The molecule has 0 radical (unpaired) electrons. The van der Waals surface area contributed by atoms with E-state index >= 15 is 0 Å². The molecule has 0 aliphatic carbocycles. The predicted molar refractivity (Wildman–Crippen MR) is 92.0 cm³/mol. The fraction of sp³-hybridized carbons (Fsp3) is 0.500. The van der Waals surface area contributed by atoms with Gasteiger partial charge >= 0.3 is 12.0 Å². The maximum Gasteiger partial charge on any atom is 0.335 e. The molecule has 8 nitrogen and oxygen atoms in total. The molecule has 1 aromatic carbocycles. The number of nitrogens with one attached hydrogen (secondary N) is 1. The number of amides is 2. The van der Waals surface area contributed by atoms with E-state index in [0.29, 0.717) is 13.1 Å². The van der Waals surface area contributed by atoms with Crippen LogP contribution in [-0.4, -0.2) is 66.4 Å². The van der Waals surface area contributed by atoms with E-state index < -0.39 is 16.0 Å². The summed E-state index contributed by atoms with van der Waals surface area (Å²) in [4.78, 5) is 24.6. The highest BCUT2D eigenvalue weighted by atomic mass is 32.2. The number of carbonyl (C=O) groups excluding carboxylic acids is 1. The van der Waals surface area contributed by atoms with Gasteiger partial charge in [0.25, 0.3) is 0 Å². The summed E-state index contributed by atoms with van der Waals surface area (Å²) < 4.78 is 26.6. The van der Waals surface area contributed by atoms with Crippen molar-refractivity contribution in [3.63, 3.8) is 0 Å². The van der Waals surface area contributed by atoms with E-state index in [2.05, 4.69) is 5.32 Å². The van der Waals surface area contributed by atoms with Crippen LogP contribution in [0.1, 0.15) is 31.1 Å². The number of carboxylic acid groups (broad SMARTS) is 1. The molecule has 2 N–H and O–H groups in total. The van der Waals surface area contributed by atoms with Crippen LogP contribution in [0.5, 0.6) is 0 Å². The van der Waals surface area contributed by atoms with Crippen molar-refractivity contribution in [3.05, 3.63) is 29.8 Å². The van der Waals surface area contributed by atoms with Gasteiger partial charge in [-0.3, -0.25) is 0 Å². The molecule has 1 aliphatic heterocycles. The monoisotopic (exact) mass is 369 g/mol. The normalized spacial score (nSPS) is 16.5. The third-order valence-corrected chi connectivity index (χ3v) is 5.66. The van der Waals surface area contributed by atoms with Crippen molar-refractivity contribution in [3.8, 4) is 0 Å². The fourth-order valence-electron chi connectivity index (χ4n) is 2.45. The SMILES string of the molecule is CC(C)(C)NC(=O)N1CCN(S(=O)(=O)c2ccc(C(=O)O)cc2)CC1. The second-order valence-corrected chi connectivity index (χ2v) is 8.84. The molecular formula is C16H23N3O5S. The second-order valence-electron chi connectivity index (χ2n) is 6.90. The van der Waals surface area contributed by atoms with Gasteiger partial charge in [-0.1, -0.05) is 0 Å². The maximum atomic E-state index is 12.6. The summed E-state index contributed by atoms with van der Waals surface area (Å²) in [6, 6.07) is 4.90. The van der Waals surface area contributed by atoms with E-state index in [9.17, 15) is 18.0 Å². The van der Waals surface area contributed by atoms with E-state index in [4.69, 9.17) is 5.11 Å². The Bertz CT molecular complexity index is 745. The molecule has 0 unspecified atom stereocenters. The van der Waals surface area contributed by atoms with Crippen molar-refractivity contribution in [2.24, 2.45) is 0 Å². The molecule has 25 heavy (non-hydrogen) atoms. The summed E-state index contributed by atoms with van der Waals surface area (Å²) in [5, 5.41) is 11.7. The number of carbonyl (C=O) groups is 2. The van der Waals surface area contributed by atoms with Gasteiger partial charge in [-0.25, -0.2) is 18.0 Å². The molecule has 0 saturated carbocycles. The molecule has 0 aromatic heterocycles. The Morgan fingerprint density at radius 2 is 1.56 bits per heavy atom. The number of hydrogen-bond donors (Lipinski definition) is 2. The van der Waals surface area contributed by atoms with Gasteiger partial charge in [0, 0.05) is 31.7 Å². The lowest BCUT2D eigenvalue weighted by atomic mass is 10.1. The van der Waals surface area contributed by atoms with Gasteiger partial charge in [-0.15, -0.1) is 0 Å². The third kappa shape index (κ3) is 4.70. The van der Waals surface area contributed by atoms with Crippen molar-refractivity contribution in [1.29, 1.82) is 0 Å². The summed E-state index contributed by atoms with van der Waals surface area (Å²) in [5.41, 5.74) is -0.325. The Morgan fingerprint density at radius 3 is 2.00 bits per heavy atom. The number of aromatic carboxylic acids is 1. The van der Waals surface area contributed by atoms with Crippen LogP contribution < -0.4 is 5.32 Å². The predicted octanol–water partition coefficient (Wildman–Crippen LogP) is 1.20. The molecule has 9 heteroatoms. The average Bonchev–Trinajstić information content (AvgIpc) is 2.53. The van der Waals surface area contributed by atoms with Crippen LogP contribution in [-0.2, 0) is 10.0 Å². The zero-order valence-corrected chi connectivity index (χ0v) is 15.3. The Hall–Kier alpha value is -2.13. The lowest BCUT2D eigenvalue weighted by Gasteiger charge is -2.35. The fourth-order valence-corrected chi connectivity index (χ4v) is 3.87. The van der Waals surface area contributed by atoms with Gasteiger partial charge in [0.1, 0.15) is 0 Å². The third-order valence-electron chi connectivity index (χ3n) is 3.75. The van der Waals surface area contributed by atoms with Gasteiger partial charge in [0.05, 0.1) is 10.5 Å². The highest BCUT2D eigenvalue weighted by Gasteiger charge is 2.31. The molecule has 1 saturated heterocycles. The number of urea groups is 1. The zero-order valence-electron chi connectivity index (χ0n) is 14.5. The summed E-state index contributed by atoms with van der Waals surface area (Å²) in [7, 11) is -3.71. The summed E-state index contributed by atoms with van der Waals surface area (Å²) in [6.45, 7) is 6.63. The molecular weight excluding hydrogens is 346 g/mol. The van der Waals surface area contributed by atoms with Crippen LogP contribution in [0.15, 0.2) is 29.2 Å². The molecule has 0 spiro atoms. The van der Waals surface area contributed by atoms with Crippen molar-refractivity contribution < 1.29 is 23.1 Å². The van der Waals surface area contributed by atoms with E-state index in [-0.39, 0.29) is 35.1 Å². The minimum Gasteiger partial charge on any atom is -0.478 e. The number of carboxylic acids is 1. The number of hydrogen-bond acceptors (Lipinski definition) is 4. The topological polar surface area (TPSA) is 107 Å².